The molecule has 0 aliphatic carbocycles. The molecular formula is C10H9N4NaO7. The number of fused-ring (bicyclic) bond motifs is 1. The van der Waals surface area contributed by atoms with Crippen LogP contribution in [0.25, 0.3) is 11.0 Å². The molecule has 0 spiro atoms. The molecule has 0 saturated heterocycles. The van der Waals surface area contributed by atoms with E-state index in [2.05, 4.69) is 19.7 Å². The summed E-state index contributed by atoms with van der Waals surface area (Å²) in [6.07, 6.45) is 0. The van der Waals surface area contributed by atoms with Crippen molar-refractivity contribution in [2.45, 2.75) is 13.0 Å². The zero-order valence-electron chi connectivity index (χ0n) is 12.6. The molecule has 0 amide bonds. The maximum atomic E-state index is 11.7. The van der Waals surface area contributed by atoms with Crippen LogP contribution in [0.1, 0.15) is 20.0 Å². The van der Waals surface area contributed by atoms with Crippen molar-refractivity contribution in [2.75, 3.05) is 6.61 Å². The summed E-state index contributed by atoms with van der Waals surface area (Å²) in [6, 6.07) is 0.201. The number of aromatic nitrogens is 2. The van der Waals surface area contributed by atoms with Gasteiger partial charge < -0.3 is 6.16 Å². The molecule has 0 aliphatic rings. The molecule has 1 heterocycles. The van der Waals surface area contributed by atoms with Crippen LogP contribution in [-0.4, -0.2) is 32.7 Å². The van der Waals surface area contributed by atoms with Gasteiger partial charge in [0.2, 0.25) is 5.52 Å². The van der Waals surface area contributed by atoms with Gasteiger partial charge in [0.1, 0.15) is 0 Å². The summed E-state index contributed by atoms with van der Waals surface area (Å²) < 4.78 is 9.02. The van der Waals surface area contributed by atoms with E-state index in [-0.39, 0.29) is 54.2 Å². The number of carbonyl (C=O) groups is 1. The van der Waals surface area contributed by atoms with Crippen molar-refractivity contribution in [1.29, 1.82) is 0 Å². The Morgan fingerprint density at radius 3 is 2.55 bits per heavy atom. The van der Waals surface area contributed by atoms with E-state index >= 15 is 0 Å². The predicted octanol–water partition coefficient (Wildman–Crippen LogP) is -1.87. The molecule has 12 heteroatoms. The molecule has 0 radical (unpaired) electrons. The molecule has 1 aromatic carbocycles. The van der Waals surface area contributed by atoms with Gasteiger partial charge in [-0.25, -0.2) is 9.42 Å². The summed E-state index contributed by atoms with van der Waals surface area (Å²) in [5, 5.41) is 28.7. The van der Waals surface area contributed by atoms with E-state index in [1.54, 1.807) is 0 Å². The van der Waals surface area contributed by atoms with Crippen molar-refractivity contribution >= 4 is 22.7 Å². The molecule has 0 aliphatic heterocycles. The zero-order chi connectivity index (χ0) is 15.6. The number of nitro benzene ring substituents is 1. The van der Waals surface area contributed by atoms with Gasteiger partial charge in [0, 0.05) is 11.0 Å². The van der Waals surface area contributed by atoms with E-state index < -0.39 is 27.5 Å². The second-order valence-corrected chi connectivity index (χ2v) is 3.83. The van der Waals surface area contributed by atoms with Gasteiger partial charge in [-0.2, -0.15) is 0 Å². The van der Waals surface area contributed by atoms with Crippen LogP contribution in [0.4, 0.5) is 5.69 Å². The summed E-state index contributed by atoms with van der Waals surface area (Å²) in [4.78, 5) is 32.0. The van der Waals surface area contributed by atoms with Gasteiger partial charge in [-0.1, -0.05) is 0 Å². The fourth-order valence-electron chi connectivity index (χ4n) is 1.79. The van der Waals surface area contributed by atoms with Gasteiger partial charge in [0.15, 0.2) is 5.52 Å². The van der Waals surface area contributed by atoms with E-state index in [1.807, 2.05) is 0 Å². The number of nitrogens with zero attached hydrogens (tertiary/aromatic N) is 4. The molecular weight excluding hydrogens is 311 g/mol. The maximum absolute atomic E-state index is 11.7. The van der Waals surface area contributed by atoms with Crippen LogP contribution in [0, 0.1) is 20.2 Å². The fraction of sp³-hybridized carbons (Fsp3) is 0.300. The van der Waals surface area contributed by atoms with Gasteiger partial charge >= 0.3 is 47.3 Å². The second kappa shape index (κ2) is 7.24. The molecule has 1 unspecified atom stereocenters. The monoisotopic (exact) mass is 320 g/mol. The Morgan fingerprint density at radius 1 is 1.36 bits per heavy atom. The maximum Gasteiger partial charge on any atom is 1.00 e. The number of carbonyl (C=O) groups excluding carboxylic acids is 1. The van der Waals surface area contributed by atoms with Gasteiger partial charge in [-0.3, -0.25) is 20.2 Å². The third kappa shape index (κ3) is 3.21. The number of benzene rings is 1. The first-order chi connectivity index (χ1) is 9.97. The molecule has 0 N–H and O–H groups in total. The average Bonchev–Trinajstić information content (AvgIpc) is 2.87. The summed E-state index contributed by atoms with van der Waals surface area (Å²) >= 11 is 0. The third-order valence-electron chi connectivity index (χ3n) is 2.64. The number of hydrogen-bond acceptors (Lipinski definition) is 9. The predicted molar refractivity (Wildman–Crippen MR) is 65.9 cm³/mol. The van der Waals surface area contributed by atoms with E-state index in [1.165, 1.54) is 6.92 Å². The Balaban J connectivity index is 0.00000242. The summed E-state index contributed by atoms with van der Waals surface area (Å²) in [5.74, 6) is -1.10. The molecule has 1 aromatic heterocycles. The first kappa shape index (κ1) is 17.9. The molecule has 2 rings (SSSR count). The van der Waals surface area contributed by atoms with E-state index in [0.717, 1.165) is 12.1 Å². The Kier molecular flexibility index (Phi) is 5.91. The Labute approximate surface area is 145 Å². The molecule has 1 atom stereocenters. The van der Waals surface area contributed by atoms with Gasteiger partial charge in [-0.15, -0.1) is 0 Å². The normalized spacial score (nSPS) is 11.5. The molecule has 2 aromatic rings. The van der Waals surface area contributed by atoms with Gasteiger partial charge in [0.25, 0.3) is 0 Å². The van der Waals surface area contributed by atoms with Crippen LogP contribution in [0.3, 0.4) is 0 Å². The number of esters is 1. The molecule has 22 heavy (non-hydrogen) atoms. The van der Waals surface area contributed by atoms with E-state index in [0.29, 0.717) is 0 Å². The fourth-order valence-corrected chi connectivity index (χ4v) is 1.79. The van der Waals surface area contributed by atoms with Crippen molar-refractivity contribution in [2.24, 2.45) is 0 Å². The third-order valence-corrected chi connectivity index (χ3v) is 2.64. The first-order valence-electron chi connectivity index (χ1n) is 5.67. The van der Waals surface area contributed by atoms with Crippen LogP contribution >= 0.6 is 0 Å². The Bertz CT molecular complexity index is 737. The minimum absolute atomic E-state index is 0. The Hall–Kier alpha value is -2.11. The van der Waals surface area contributed by atoms with Crippen LogP contribution in [-0.2, 0) is 9.53 Å². The van der Waals surface area contributed by atoms with Gasteiger partial charge in [0.05, 0.1) is 17.1 Å². The topological polar surface area (TPSA) is 152 Å². The zero-order valence-corrected chi connectivity index (χ0v) is 13.6. The second-order valence-electron chi connectivity index (χ2n) is 3.83. The number of nitro groups is 2. The molecule has 112 valence electrons. The van der Waals surface area contributed by atoms with Crippen molar-refractivity contribution in [1.82, 2.24) is 10.3 Å². The van der Waals surface area contributed by atoms with Gasteiger partial charge in [-0.05, 0) is 23.3 Å². The molecule has 0 bridgehead atoms. The smallest absolute Gasteiger partial charge is 1.00 e. The van der Waals surface area contributed by atoms with Crippen molar-refractivity contribution < 1.29 is 55.0 Å². The van der Waals surface area contributed by atoms with Crippen LogP contribution < -0.4 is 29.6 Å². The van der Waals surface area contributed by atoms with E-state index in [4.69, 9.17) is 0 Å². The standard InChI is InChI=1S/C10H8N4O7.Na.H/c1-2-20-10(15)9(14(18)19)5-3-4-6(13(16)17)8-7(5)11-21-12-8;;/h3-4,9H,2H2,1H3;;/q;+1;-1. The van der Waals surface area contributed by atoms with Crippen LogP contribution in [0.2, 0.25) is 0 Å². The number of hydrogen-bond donors (Lipinski definition) is 0. The van der Waals surface area contributed by atoms with Crippen LogP contribution in [0.5, 0.6) is 0 Å². The Morgan fingerprint density at radius 2 is 2.00 bits per heavy atom. The largest absolute Gasteiger partial charge is 1.00 e. The minimum Gasteiger partial charge on any atom is -1.00 e. The SMILES string of the molecule is CCOC(=O)C(c1ccc([N+](=O)[O-])c2nonc12)[N+](=O)[O-].[H-].[Na+]. The first-order valence-corrected chi connectivity index (χ1v) is 5.67. The summed E-state index contributed by atoms with van der Waals surface area (Å²) in [7, 11) is 0. The van der Waals surface area contributed by atoms with Crippen molar-refractivity contribution in [3.63, 3.8) is 0 Å². The molecule has 0 fully saturated rings. The average molecular weight is 320 g/mol. The molecule has 0 saturated carbocycles. The summed E-state index contributed by atoms with van der Waals surface area (Å²) in [6.45, 7) is 1.45. The number of non-ortho nitro benzene ring substituents is 1. The van der Waals surface area contributed by atoms with Crippen molar-refractivity contribution in [3.05, 3.63) is 37.9 Å². The molecule has 11 nitrogen and oxygen atoms in total. The van der Waals surface area contributed by atoms with Crippen LogP contribution in [0.15, 0.2) is 16.8 Å². The summed E-state index contributed by atoms with van der Waals surface area (Å²) in [5.41, 5.74) is -1.10. The number of ether oxygens (including phenoxy) is 1. The number of rotatable bonds is 5. The quantitative estimate of drug-likeness (QED) is 0.267. The van der Waals surface area contributed by atoms with Crippen molar-refractivity contribution in [3.8, 4) is 0 Å². The van der Waals surface area contributed by atoms with E-state index in [9.17, 15) is 25.0 Å². The minimum atomic E-state index is -1.86.